The molecule has 0 amide bonds. The molecule has 0 aromatic heterocycles. The van der Waals surface area contributed by atoms with Gasteiger partial charge in [-0.25, -0.2) is 22.3 Å². The van der Waals surface area contributed by atoms with Crippen molar-refractivity contribution in [2.45, 2.75) is 17.5 Å². The quantitative estimate of drug-likeness (QED) is 0.800. The van der Waals surface area contributed by atoms with Crippen LogP contribution >= 0.6 is 11.6 Å². The third-order valence-electron chi connectivity index (χ3n) is 2.24. The largest absolute Gasteiger partial charge is 0.478 e. The van der Waals surface area contributed by atoms with E-state index in [0.717, 1.165) is 0 Å². The van der Waals surface area contributed by atoms with Crippen molar-refractivity contribution in [3.8, 4) is 0 Å². The Morgan fingerprint density at radius 2 is 1.90 bits per heavy atom. The number of carbonyl (C=O) groups is 1. The van der Waals surface area contributed by atoms with Crippen molar-refractivity contribution in [1.82, 2.24) is 4.72 Å². The van der Waals surface area contributed by atoms with Gasteiger partial charge >= 0.3 is 12.1 Å². The average molecular weight is 350 g/mol. The van der Waals surface area contributed by atoms with Crippen LogP contribution in [0.4, 0.5) is 17.6 Å². The molecule has 21 heavy (non-hydrogen) atoms. The van der Waals surface area contributed by atoms with Crippen molar-refractivity contribution in [2.24, 2.45) is 0 Å². The molecule has 118 valence electrons. The summed E-state index contributed by atoms with van der Waals surface area (Å²) in [4.78, 5) is 9.95. The maximum absolute atomic E-state index is 13.4. The number of carboxylic acids is 1. The Kier molecular flexibility index (Phi) is 5.18. The van der Waals surface area contributed by atoms with E-state index in [1.54, 1.807) is 4.72 Å². The lowest BCUT2D eigenvalue weighted by atomic mass is 10.2. The summed E-state index contributed by atoms with van der Waals surface area (Å²) in [6.45, 7) is -0.960. The van der Waals surface area contributed by atoms with Crippen LogP contribution in [0.2, 0.25) is 5.02 Å². The maximum Gasteiger partial charge on any atom is 0.390 e. The lowest BCUT2D eigenvalue weighted by Gasteiger charge is -2.10. The SMILES string of the molecule is O=C(O)c1cc(S(=O)(=O)NCCC(F)(F)F)cc(F)c1Cl. The molecule has 11 heteroatoms. The number of sulfonamides is 1. The third kappa shape index (κ3) is 4.83. The first-order valence-corrected chi connectivity index (χ1v) is 7.09. The van der Waals surface area contributed by atoms with Gasteiger partial charge in [0.1, 0.15) is 5.82 Å². The van der Waals surface area contributed by atoms with Gasteiger partial charge in [-0.05, 0) is 12.1 Å². The van der Waals surface area contributed by atoms with Gasteiger partial charge in [0.2, 0.25) is 10.0 Å². The molecule has 1 aromatic carbocycles. The number of nitrogens with one attached hydrogen (secondary N) is 1. The Bertz CT molecular complexity index is 660. The van der Waals surface area contributed by atoms with E-state index in [-0.39, 0.29) is 0 Å². The second kappa shape index (κ2) is 6.16. The number of hydrogen-bond donors (Lipinski definition) is 2. The van der Waals surface area contributed by atoms with Gasteiger partial charge in [-0.15, -0.1) is 0 Å². The van der Waals surface area contributed by atoms with Crippen LogP contribution in [0.5, 0.6) is 0 Å². The van der Waals surface area contributed by atoms with E-state index in [1.165, 1.54) is 0 Å². The van der Waals surface area contributed by atoms with Gasteiger partial charge in [0.15, 0.2) is 0 Å². The molecule has 0 heterocycles. The smallest absolute Gasteiger partial charge is 0.390 e. The van der Waals surface area contributed by atoms with Crippen LogP contribution in [0.25, 0.3) is 0 Å². The molecule has 0 aliphatic rings. The highest BCUT2D eigenvalue weighted by atomic mass is 35.5. The van der Waals surface area contributed by atoms with Gasteiger partial charge in [-0.2, -0.15) is 13.2 Å². The summed E-state index contributed by atoms with van der Waals surface area (Å²) in [6.07, 6.45) is -5.99. The highest BCUT2D eigenvalue weighted by Crippen LogP contribution is 2.25. The summed E-state index contributed by atoms with van der Waals surface area (Å²) in [5.41, 5.74) is -0.812. The second-order valence-electron chi connectivity index (χ2n) is 3.83. The van der Waals surface area contributed by atoms with Crippen LogP contribution < -0.4 is 4.72 Å². The molecule has 0 aliphatic heterocycles. The maximum atomic E-state index is 13.4. The predicted molar refractivity (Wildman–Crippen MR) is 64.2 cm³/mol. The minimum Gasteiger partial charge on any atom is -0.478 e. The first-order chi connectivity index (χ1) is 9.44. The summed E-state index contributed by atoms with van der Waals surface area (Å²) in [7, 11) is -4.49. The highest BCUT2D eigenvalue weighted by molar-refractivity contribution is 7.89. The topological polar surface area (TPSA) is 83.5 Å². The van der Waals surface area contributed by atoms with E-state index >= 15 is 0 Å². The van der Waals surface area contributed by atoms with Gasteiger partial charge in [-0.3, -0.25) is 0 Å². The molecule has 0 saturated carbocycles. The fourth-order valence-corrected chi connectivity index (χ4v) is 2.54. The number of alkyl halides is 3. The van der Waals surface area contributed by atoms with E-state index in [4.69, 9.17) is 16.7 Å². The van der Waals surface area contributed by atoms with E-state index in [9.17, 15) is 30.8 Å². The molecular weight excluding hydrogens is 342 g/mol. The third-order valence-corrected chi connectivity index (χ3v) is 4.07. The first-order valence-electron chi connectivity index (χ1n) is 5.23. The van der Waals surface area contributed by atoms with Gasteiger partial charge in [0.05, 0.1) is 21.9 Å². The molecule has 1 aromatic rings. The van der Waals surface area contributed by atoms with Gasteiger partial charge in [-0.1, -0.05) is 11.6 Å². The molecule has 0 bridgehead atoms. The van der Waals surface area contributed by atoms with Crippen molar-refractivity contribution >= 4 is 27.6 Å². The molecular formula is C10H8ClF4NO4S. The van der Waals surface area contributed by atoms with E-state index in [0.29, 0.717) is 12.1 Å². The van der Waals surface area contributed by atoms with Crippen molar-refractivity contribution in [2.75, 3.05) is 6.54 Å². The molecule has 0 spiro atoms. The molecule has 0 atom stereocenters. The molecule has 0 saturated heterocycles. The minimum atomic E-state index is -4.57. The Balaban J connectivity index is 3.07. The zero-order valence-corrected chi connectivity index (χ0v) is 11.6. The standard InChI is InChI=1S/C10H8ClF4NO4S/c11-8-6(9(17)18)3-5(4-7(8)12)21(19,20)16-2-1-10(13,14)15/h3-4,16H,1-2H2,(H,17,18). The zero-order valence-electron chi connectivity index (χ0n) is 10.0. The molecule has 5 nitrogen and oxygen atoms in total. The van der Waals surface area contributed by atoms with Crippen LogP contribution in [-0.4, -0.2) is 32.2 Å². The van der Waals surface area contributed by atoms with Crippen molar-refractivity contribution in [3.05, 3.63) is 28.5 Å². The summed E-state index contributed by atoms with van der Waals surface area (Å²) in [5, 5.41) is 7.95. The summed E-state index contributed by atoms with van der Waals surface area (Å²) in [5.74, 6) is -2.99. The van der Waals surface area contributed by atoms with Crippen LogP contribution in [0, 0.1) is 5.82 Å². The number of benzene rings is 1. The monoisotopic (exact) mass is 349 g/mol. The van der Waals surface area contributed by atoms with Crippen molar-refractivity contribution in [1.29, 1.82) is 0 Å². The lowest BCUT2D eigenvalue weighted by molar-refractivity contribution is -0.132. The fourth-order valence-electron chi connectivity index (χ4n) is 1.29. The Labute approximate surface area is 121 Å². The number of rotatable bonds is 5. The molecule has 0 fully saturated rings. The Morgan fingerprint density at radius 1 is 1.33 bits per heavy atom. The normalized spacial score (nSPS) is 12.4. The predicted octanol–water partition coefficient (Wildman–Crippen LogP) is 2.41. The van der Waals surface area contributed by atoms with E-state index < -0.39 is 56.4 Å². The van der Waals surface area contributed by atoms with E-state index in [1.807, 2.05) is 0 Å². The molecule has 0 aliphatic carbocycles. The Hall–Kier alpha value is -1.39. The molecule has 0 radical (unpaired) electrons. The Morgan fingerprint density at radius 3 is 2.38 bits per heavy atom. The number of aromatic carboxylic acids is 1. The number of halogens is 5. The first kappa shape index (κ1) is 17.7. The fraction of sp³-hybridized carbons (Fsp3) is 0.300. The molecule has 1 rings (SSSR count). The van der Waals surface area contributed by atoms with Gasteiger partial charge < -0.3 is 5.11 Å². The van der Waals surface area contributed by atoms with Gasteiger partial charge in [0.25, 0.3) is 0 Å². The van der Waals surface area contributed by atoms with Crippen LogP contribution in [0.3, 0.4) is 0 Å². The lowest BCUT2D eigenvalue weighted by Crippen LogP contribution is -2.28. The minimum absolute atomic E-state index is 0.421. The molecule has 2 N–H and O–H groups in total. The highest BCUT2D eigenvalue weighted by Gasteiger charge is 2.28. The van der Waals surface area contributed by atoms with Crippen molar-refractivity contribution in [3.63, 3.8) is 0 Å². The van der Waals surface area contributed by atoms with Crippen LogP contribution in [0.15, 0.2) is 17.0 Å². The number of carboxylic acid groups (broad SMARTS) is 1. The van der Waals surface area contributed by atoms with Gasteiger partial charge in [0, 0.05) is 6.54 Å². The summed E-state index contributed by atoms with van der Waals surface area (Å²) < 4.78 is 74.1. The second-order valence-corrected chi connectivity index (χ2v) is 5.98. The van der Waals surface area contributed by atoms with Crippen LogP contribution in [-0.2, 0) is 10.0 Å². The zero-order chi connectivity index (χ0) is 16.4. The average Bonchev–Trinajstić information content (AvgIpc) is 2.29. The number of hydrogen-bond acceptors (Lipinski definition) is 3. The summed E-state index contributed by atoms with van der Waals surface area (Å²) >= 11 is 5.35. The van der Waals surface area contributed by atoms with Crippen LogP contribution in [0.1, 0.15) is 16.8 Å². The molecule has 0 unspecified atom stereocenters. The van der Waals surface area contributed by atoms with E-state index in [2.05, 4.69) is 0 Å². The summed E-state index contributed by atoms with van der Waals surface area (Å²) in [6, 6.07) is 0.981. The van der Waals surface area contributed by atoms with Crippen molar-refractivity contribution < 1.29 is 35.9 Å².